The van der Waals surface area contributed by atoms with E-state index < -0.39 is 15.4 Å². The van der Waals surface area contributed by atoms with Gasteiger partial charge in [-0.25, -0.2) is 13.1 Å². The normalized spacial score (nSPS) is 25.1. The van der Waals surface area contributed by atoms with Crippen LogP contribution in [0.3, 0.4) is 0 Å². The van der Waals surface area contributed by atoms with Gasteiger partial charge < -0.3 is 10.2 Å². The molecule has 0 radical (unpaired) electrons. The zero-order valence-corrected chi connectivity index (χ0v) is 12.3. The first kappa shape index (κ1) is 13.2. The quantitative estimate of drug-likeness (QED) is 0.908. The first-order valence-electron chi connectivity index (χ1n) is 6.42. The summed E-state index contributed by atoms with van der Waals surface area (Å²) in [5.74, 6) is 1.50. The molecule has 1 atom stereocenters. The highest BCUT2D eigenvalue weighted by molar-refractivity contribution is 7.91. The Labute approximate surface area is 117 Å². The second-order valence-electron chi connectivity index (χ2n) is 5.60. The van der Waals surface area contributed by atoms with Crippen LogP contribution in [0.5, 0.6) is 0 Å². The van der Waals surface area contributed by atoms with Crippen LogP contribution in [0.25, 0.3) is 11.3 Å². The Morgan fingerprint density at radius 1 is 1.50 bits per heavy atom. The maximum atomic E-state index is 11.7. The number of aryl methyl sites for hydroxylation is 1. The van der Waals surface area contributed by atoms with Gasteiger partial charge in [0.15, 0.2) is 9.84 Å². The molecule has 0 saturated carbocycles. The lowest BCUT2D eigenvalue weighted by Crippen LogP contribution is -2.33. The van der Waals surface area contributed by atoms with Crippen LogP contribution in [-0.4, -0.2) is 29.7 Å². The molecule has 1 unspecified atom stereocenters. The lowest BCUT2D eigenvalue weighted by molar-refractivity contribution is 0.335. The Hall–Kier alpha value is -1.76. The van der Waals surface area contributed by atoms with Crippen LogP contribution < -0.4 is 5.73 Å². The number of furan rings is 1. The number of nitrogens with two attached hydrogens (primary N) is 1. The fourth-order valence-electron chi connectivity index (χ4n) is 2.77. The molecule has 0 amide bonds. The predicted octanol–water partition coefficient (Wildman–Crippen LogP) is 1.57. The number of rotatable bonds is 2. The molecule has 108 valence electrons. The Morgan fingerprint density at radius 3 is 2.80 bits per heavy atom. The van der Waals surface area contributed by atoms with Gasteiger partial charge in [-0.05, 0) is 26.3 Å². The van der Waals surface area contributed by atoms with Gasteiger partial charge in [0, 0.05) is 11.6 Å². The van der Waals surface area contributed by atoms with E-state index in [1.807, 2.05) is 19.9 Å². The van der Waals surface area contributed by atoms with Gasteiger partial charge in [0.05, 0.1) is 29.0 Å². The molecule has 0 spiro atoms. The standard InChI is InChI=1S/C13H17N3O3S/c1-9-10(3-5-19-9)11-7-12(14)16(15-11)13(2)4-6-20(17,18)8-13/h3,5,7H,4,6,8,14H2,1-2H3. The van der Waals surface area contributed by atoms with Crippen molar-refractivity contribution in [2.45, 2.75) is 25.8 Å². The zero-order valence-electron chi connectivity index (χ0n) is 11.5. The molecule has 0 bridgehead atoms. The topological polar surface area (TPSA) is 91.1 Å². The first-order valence-corrected chi connectivity index (χ1v) is 8.24. The highest BCUT2D eigenvalue weighted by atomic mass is 32.2. The largest absolute Gasteiger partial charge is 0.469 e. The van der Waals surface area contributed by atoms with E-state index in [9.17, 15) is 8.42 Å². The van der Waals surface area contributed by atoms with E-state index in [4.69, 9.17) is 10.2 Å². The molecule has 7 heteroatoms. The summed E-state index contributed by atoms with van der Waals surface area (Å²) < 4.78 is 30.4. The number of sulfone groups is 1. The number of hydrogen-bond donors (Lipinski definition) is 1. The van der Waals surface area contributed by atoms with Crippen molar-refractivity contribution in [3.05, 3.63) is 24.2 Å². The van der Waals surface area contributed by atoms with Gasteiger partial charge in [-0.1, -0.05) is 0 Å². The molecule has 3 rings (SSSR count). The number of anilines is 1. The zero-order chi connectivity index (χ0) is 14.5. The third-order valence-corrected chi connectivity index (χ3v) is 5.75. The second-order valence-corrected chi connectivity index (χ2v) is 7.78. The summed E-state index contributed by atoms with van der Waals surface area (Å²) in [6, 6.07) is 3.59. The Balaban J connectivity index is 2.05. The monoisotopic (exact) mass is 295 g/mol. The summed E-state index contributed by atoms with van der Waals surface area (Å²) in [4.78, 5) is 0. The lowest BCUT2D eigenvalue weighted by Gasteiger charge is -2.24. The molecule has 1 fully saturated rings. The van der Waals surface area contributed by atoms with Crippen LogP contribution in [0.1, 0.15) is 19.1 Å². The molecular weight excluding hydrogens is 278 g/mol. The Kier molecular flexibility index (Phi) is 2.72. The lowest BCUT2D eigenvalue weighted by atomic mass is 10.0. The van der Waals surface area contributed by atoms with Crippen LogP contribution in [0, 0.1) is 6.92 Å². The van der Waals surface area contributed by atoms with Crippen LogP contribution in [0.2, 0.25) is 0 Å². The van der Waals surface area contributed by atoms with Crippen LogP contribution in [0.15, 0.2) is 22.8 Å². The number of hydrogen-bond acceptors (Lipinski definition) is 5. The van der Waals surface area contributed by atoms with Gasteiger partial charge in [0.1, 0.15) is 11.6 Å². The minimum Gasteiger partial charge on any atom is -0.469 e. The smallest absolute Gasteiger partial charge is 0.152 e. The SMILES string of the molecule is Cc1occc1-c1cc(N)n(C2(C)CCS(=O)(=O)C2)n1. The minimum absolute atomic E-state index is 0.0791. The van der Waals surface area contributed by atoms with E-state index in [1.54, 1.807) is 17.0 Å². The fraction of sp³-hybridized carbons (Fsp3) is 0.462. The molecule has 0 aliphatic carbocycles. The van der Waals surface area contributed by atoms with Gasteiger partial charge in [-0.2, -0.15) is 5.10 Å². The van der Waals surface area contributed by atoms with Crippen LogP contribution in [0.4, 0.5) is 5.82 Å². The summed E-state index contributed by atoms with van der Waals surface area (Å²) in [6.45, 7) is 3.74. The maximum Gasteiger partial charge on any atom is 0.152 e. The minimum atomic E-state index is -3.01. The average Bonchev–Trinajstić information content (AvgIpc) is 2.98. The number of nitrogens with zero attached hydrogens (tertiary/aromatic N) is 2. The molecule has 1 aliphatic rings. The summed E-state index contributed by atoms with van der Waals surface area (Å²) in [6.07, 6.45) is 2.13. The molecule has 6 nitrogen and oxygen atoms in total. The van der Waals surface area contributed by atoms with Crippen molar-refractivity contribution in [3.8, 4) is 11.3 Å². The van der Waals surface area contributed by atoms with E-state index in [0.29, 0.717) is 17.9 Å². The highest BCUT2D eigenvalue weighted by Gasteiger charge is 2.41. The van der Waals surface area contributed by atoms with E-state index >= 15 is 0 Å². The van der Waals surface area contributed by atoms with Crippen molar-refractivity contribution >= 4 is 15.7 Å². The highest BCUT2D eigenvalue weighted by Crippen LogP contribution is 2.34. The van der Waals surface area contributed by atoms with E-state index in [0.717, 1.165) is 11.3 Å². The maximum absolute atomic E-state index is 11.7. The van der Waals surface area contributed by atoms with Gasteiger partial charge >= 0.3 is 0 Å². The molecule has 1 saturated heterocycles. The van der Waals surface area contributed by atoms with Crippen molar-refractivity contribution in [3.63, 3.8) is 0 Å². The first-order chi connectivity index (χ1) is 9.31. The van der Waals surface area contributed by atoms with Crippen molar-refractivity contribution in [2.75, 3.05) is 17.2 Å². The van der Waals surface area contributed by atoms with E-state index in [-0.39, 0.29) is 11.5 Å². The average molecular weight is 295 g/mol. The van der Waals surface area contributed by atoms with Crippen molar-refractivity contribution in [1.29, 1.82) is 0 Å². The molecule has 2 aromatic heterocycles. The van der Waals surface area contributed by atoms with Gasteiger partial charge in [-0.3, -0.25) is 0 Å². The molecule has 2 N–H and O–H groups in total. The summed E-state index contributed by atoms with van der Waals surface area (Å²) >= 11 is 0. The van der Waals surface area contributed by atoms with Gasteiger partial charge in [0.2, 0.25) is 0 Å². The number of nitrogen functional groups attached to an aromatic ring is 1. The molecule has 1 aliphatic heterocycles. The fourth-order valence-corrected chi connectivity index (χ4v) is 4.88. The van der Waals surface area contributed by atoms with Gasteiger partial charge in [-0.15, -0.1) is 0 Å². The third kappa shape index (κ3) is 2.02. The van der Waals surface area contributed by atoms with Crippen LogP contribution >= 0.6 is 0 Å². The Morgan fingerprint density at radius 2 is 2.25 bits per heavy atom. The van der Waals surface area contributed by atoms with Gasteiger partial charge in [0.25, 0.3) is 0 Å². The summed E-state index contributed by atoms with van der Waals surface area (Å²) in [5.41, 5.74) is 7.04. The predicted molar refractivity (Wildman–Crippen MR) is 76.0 cm³/mol. The number of aromatic nitrogens is 2. The molecular formula is C13H17N3O3S. The summed E-state index contributed by atoms with van der Waals surface area (Å²) in [7, 11) is -3.01. The molecule has 3 heterocycles. The van der Waals surface area contributed by atoms with Crippen molar-refractivity contribution in [1.82, 2.24) is 9.78 Å². The molecule has 0 aromatic carbocycles. The Bertz CT molecular complexity index is 760. The van der Waals surface area contributed by atoms with Crippen LogP contribution in [-0.2, 0) is 15.4 Å². The molecule has 2 aromatic rings. The van der Waals surface area contributed by atoms with E-state index in [1.165, 1.54) is 0 Å². The molecule has 20 heavy (non-hydrogen) atoms. The van der Waals surface area contributed by atoms with Crippen molar-refractivity contribution in [2.24, 2.45) is 0 Å². The third-order valence-electron chi connectivity index (χ3n) is 3.87. The summed E-state index contributed by atoms with van der Waals surface area (Å²) in [5, 5.41) is 4.50. The van der Waals surface area contributed by atoms with E-state index in [2.05, 4.69) is 5.10 Å². The van der Waals surface area contributed by atoms with Crippen molar-refractivity contribution < 1.29 is 12.8 Å². The second kappa shape index (κ2) is 4.12.